The summed E-state index contributed by atoms with van der Waals surface area (Å²) in [6, 6.07) is 20.2. The molecule has 4 rings (SSSR count). The van der Waals surface area contributed by atoms with Crippen LogP contribution in [0.1, 0.15) is 55.2 Å². The number of esters is 1. The minimum Gasteiger partial charge on any atom is -0.452 e. The summed E-state index contributed by atoms with van der Waals surface area (Å²) >= 11 is 0. The number of anilines is 1. The van der Waals surface area contributed by atoms with Gasteiger partial charge < -0.3 is 10.1 Å². The summed E-state index contributed by atoms with van der Waals surface area (Å²) in [5.41, 5.74) is 2.80. The Hall–Kier alpha value is -4.26. The first-order chi connectivity index (χ1) is 15.9. The molecule has 0 saturated heterocycles. The lowest BCUT2D eigenvalue weighted by atomic mass is 10.1. The van der Waals surface area contributed by atoms with Gasteiger partial charge in [0.05, 0.1) is 22.7 Å². The van der Waals surface area contributed by atoms with Gasteiger partial charge in [0.2, 0.25) is 0 Å². The van der Waals surface area contributed by atoms with E-state index in [0.29, 0.717) is 5.69 Å². The molecule has 0 radical (unpaired) electrons. The highest BCUT2D eigenvalue weighted by atomic mass is 16.5. The second-order valence-electron chi connectivity index (χ2n) is 7.77. The largest absolute Gasteiger partial charge is 0.452 e. The predicted octanol–water partition coefficient (Wildman–Crippen LogP) is 4.15. The number of carbonyl (C=O) groups excluding carboxylic acids is 4. The van der Waals surface area contributed by atoms with Crippen LogP contribution in [0.4, 0.5) is 5.69 Å². The van der Waals surface area contributed by atoms with Crippen molar-refractivity contribution in [1.29, 1.82) is 0 Å². The van der Waals surface area contributed by atoms with Gasteiger partial charge in [-0.25, -0.2) is 4.79 Å². The summed E-state index contributed by atoms with van der Waals surface area (Å²) in [5.74, 6) is -2.12. The minimum absolute atomic E-state index is 0.0906. The number of aryl methyl sites for hydroxylation is 1. The van der Waals surface area contributed by atoms with E-state index >= 15 is 0 Å². The molecule has 1 N–H and O–H groups in total. The van der Waals surface area contributed by atoms with Crippen LogP contribution in [-0.2, 0) is 9.53 Å². The third-order valence-corrected chi connectivity index (χ3v) is 5.58. The smallest absolute Gasteiger partial charge is 0.338 e. The van der Waals surface area contributed by atoms with Gasteiger partial charge in [-0.2, -0.15) is 0 Å². The van der Waals surface area contributed by atoms with Gasteiger partial charge >= 0.3 is 5.97 Å². The molecule has 33 heavy (non-hydrogen) atoms. The Kier molecular flexibility index (Phi) is 6.04. The van der Waals surface area contributed by atoms with Crippen molar-refractivity contribution in [3.8, 4) is 0 Å². The highest BCUT2D eigenvalue weighted by Gasteiger charge is 2.39. The first kappa shape index (κ1) is 22.0. The van der Waals surface area contributed by atoms with Crippen LogP contribution in [0.2, 0.25) is 0 Å². The van der Waals surface area contributed by atoms with E-state index in [0.717, 1.165) is 11.1 Å². The summed E-state index contributed by atoms with van der Waals surface area (Å²) in [6.45, 7) is 3.15. The first-order valence-electron chi connectivity index (χ1n) is 10.5. The standard InChI is InChI=1S/C26H22N2O5/c1-16-8-6-7-11-22(16)27-23(29)15-33-26(32)19-12-13-20-21(14-19)25(31)28(24(20)30)17(2)18-9-4-3-5-10-18/h3-14,17H,15H2,1-2H3,(H,27,29)/t17-/m1/s1. The van der Waals surface area contributed by atoms with Crippen LogP contribution in [0.5, 0.6) is 0 Å². The highest BCUT2D eigenvalue weighted by Crippen LogP contribution is 2.31. The number of hydrogen-bond donors (Lipinski definition) is 1. The maximum Gasteiger partial charge on any atom is 0.338 e. The average molecular weight is 442 g/mol. The number of para-hydroxylation sites is 1. The lowest BCUT2D eigenvalue weighted by Crippen LogP contribution is -2.32. The quantitative estimate of drug-likeness (QED) is 0.457. The van der Waals surface area contributed by atoms with Crippen molar-refractivity contribution in [2.75, 3.05) is 11.9 Å². The van der Waals surface area contributed by atoms with Crippen molar-refractivity contribution < 1.29 is 23.9 Å². The number of fused-ring (bicyclic) bond motifs is 1. The minimum atomic E-state index is -0.757. The summed E-state index contributed by atoms with van der Waals surface area (Å²) in [7, 11) is 0. The van der Waals surface area contributed by atoms with Gasteiger partial charge in [0.25, 0.3) is 17.7 Å². The van der Waals surface area contributed by atoms with Crippen LogP contribution in [0.15, 0.2) is 72.8 Å². The number of amides is 3. The van der Waals surface area contributed by atoms with Crippen molar-refractivity contribution in [2.24, 2.45) is 0 Å². The summed E-state index contributed by atoms with van der Waals surface area (Å²) in [4.78, 5) is 51.7. The third kappa shape index (κ3) is 4.39. The molecule has 3 aromatic carbocycles. The van der Waals surface area contributed by atoms with Gasteiger partial charge in [0.15, 0.2) is 6.61 Å². The molecular formula is C26H22N2O5. The molecule has 1 aliphatic rings. The molecule has 7 heteroatoms. The van der Waals surface area contributed by atoms with Crippen LogP contribution >= 0.6 is 0 Å². The van der Waals surface area contributed by atoms with Crippen LogP contribution in [0.3, 0.4) is 0 Å². The topological polar surface area (TPSA) is 92.8 Å². The fourth-order valence-corrected chi connectivity index (χ4v) is 3.73. The van der Waals surface area contributed by atoms with E-state index < -0.39 is 36.3 Å². The zero-order valence-electron chi connectivity index (χ0n) is 18.2. The molecule has 7 nitrogen and oxygen atoms in total. The molecule has 3 amide bonds. The normalized spacial score (nSPS) is 13.5. The number of nitrogens with zero attached hydrogens (tertiary/aromatic N) is 1. The molecule has 0 bridgehead atoms. The molecule has 0 spiro atoms. The van der Waals surface area contributed by atoms with E-state index in [1.54, 1.807) is 19.1 Å². The number of hydrogen-bond acceptors (Lipinski definition) is 5. The Morgan fingerprint density at radius 2 is 1.58 bits per heavy atom. The number of nitrogens with one attached hydrogen (secondary N) is 1. The molecule has 1 heterocycles. The molecule has 1 atom stereocenters. The number of ether oxygens (including phenoxy) is 1. The molecule has 0 unspecified atom stereocenters. The van der Waals surface area contributed by atoms with Gasteiger partial charge in [-0.15, -0.1) is 0 Å². The van der Waals surface area contributed by atoms with Crippen molar-refractivity contribution in [3.05, 3.63) is 101 Å². The van der Waals surface area contributed by atoms with Crippen molar-refractivity contribution in [3.63, 3.8) is 0 Å². The van der Waals surface area contributed by atoms with Gasteiger partial charge in [0.1, 0.15) is 0 Å². The first-order valence-corrected chi connectivity index (χ1v) is 10.5. The molecule has 0 aromatic heterocycles. The lowest BCUT2D eigenvalue weighted by molar-refractivity contribution is -0.119. The fourth-order valence-electron chi connectivity index (χ4n) is 3.73. The van der Waals surface area contributed by atoms with Crippen LogP contribution in [0.25, 0.3) is 0 Å². The molecular weight excluding hydrogens is 420 g/mol. The second-order valence-corrected chi connectivity index (χ2v) is 7.77. The molecule has 0 fully saturated rings. The molecule has 3 aromatic rings. The average Bonchev–Trinajstić information content (AvgIpc) is 3.08. The Labute approximate surface area is 191 Å². The Bertz CT molecular complexity index is 1250. The Morgan fingerprint density at radius 1 is 0.909 bits per heavy atom. The number of benzene rings is 3. The summed E-state index contributed by atoms with van der Waals surface area (Å²) in [5, 5.41) is 2.68. The number of carbonyl (C=O) groups is 4. The fraction of sp³-hybridized carbons (Fsp3) is 0.154. The van der Waals surface area contributed by atoms with Crippen molar-refractivity contribution in [1.82, 2.24) is 4.90 Å². The Morgan fingerprint density at radius 3 is 2.30 bits per heavy atom. The summed E-state index contributed by atoms with van der Waals surface area (Å²) < 4.78 is 5.11. The molecule has 0 saturated carbocycles. The van der Waals surface area contributed by atoms with E-state index in [-0.39, 0.29) is 16.7 Å². The van der Waals surface area contributed by atoms with Crippen LogP contribution in [0, 0.1) is 6.92 Å². The van der Waals surface area contributed by atoms with E-state index in [2.05, 4.69) is 5.32 Å². The number of imide groups is 1. The zero-order chi connectivity index (χ0) is 23.5. The predicted molar refractivity (Wildman–Crippen MR) is 122 cm³/mol. The Balaban J connectivity index is 1.45. The lowest BCUT2D eigenvalue weighted by Gasteiger charge is -2.22. The van der Waals surface area contributed by atoms with Gasteiger partial charge in [-0.3, -0.25) is 19.3 Å². The summed E-state index contributed by atoms with van der Waals surface area (Å²) in [6.07, 6.45) is 0. The van der Waals surface area contributed by atoms with Gasteiger partial charge in [-0.05, 0) is 49.2 Å². The zero-order valence-corrected chi connectivity index (χ0v) is 18.2. The monoisotopic (exact) mass is 442 g/mol. The molecule has 166 valence electrons. The molecule has 1 aliphatic heterocycles. The van der Waals surface area contributed by atoms with E-state index in [9.17, 15) is 19.2 Å². The van der Waals surface area contributed by atoms with Crippen molar-refractivity contribution >= 4 is 29.4 Å². The second kappa shape index (κ2) is 9.08. The maximum absolute atomic E-state index is 13.0. The van der Waals surface area contributed by atoms with E-state index in [1.807, 2.05) is 49.4 Å². The van der Waals surface area contributed by atoms with Gasteiger partial charge in [-0.1, -0.05) is 48.5 Å². The van der Waals surface area contributed by atoms with E-state index in [4.69, 9.17) is 4.74 Å². The van der Waals surface area contributed by atoms with Crippen molar-refractivity contribution in [2.45, 2.75) is 19.9 Å². The molecule has 0 aliphatic carbocycles. The highest BCUT2D eigenvalue weighted by molar-refractivity contribution is 6.22. The van der Waals surface area contributed by atoms with Gasteiger partial charge in [0, 0.05) is 5.69 Å². The number of rotatable bonds is 6. The van der Waals surface area contributed by atoms with Crippen LogP contribution in [-0.4, -0.2) is 35.2 Å². The van der Waals surface area contributed by atoms with Crippen LogP contribution < -0.4 is 5.32 Å². The van der Waals surface area contributed by atoms with E-state index in [1.165, 1.54) is 23.1 Å². The third-order valence-electron chi connectivity index (χ3n) is 5.58. The maximum atomic E-state index is 13.0. The SMILES string of the molecule is Cc1ccccc1NC(=O)COC(=O)c1ccc2c(c1)C(=O)N([C@H](C)c1ccccc1)C2=O.